The van der Waals surface area contributed by atoms with Crippen molar-refractivity contribution >= 4 is 79.2 Å². The monoisotopic (exact) mass is 989 g/mol. The topological polar surface area (TPSA) is 228 Å². The second-order valence-electron chi connectivity index (χ2n) is 18.7. The minimum Gasteiger partial charge on any atom is -0.491 e. The number of carboxylic acids is 1. The fourth-order valence-corrected chi connectivity index (χ4v) is 11.6. The number of aromatic carboxylic acids is 1. The van der Waals surface area contributed by atoms with Crippen LogP contribution in [0.3, 0.4) is 0 Å². The molecule has 6 N–H and O–H groups in total. The summed E-state index contributed by atoms with van der Waals surface area (Å²) < 4.78 is 13.6. The minimum atomic E-state index is -1.15. The van der Waals surface area contributed by atoms with Crippen LogP contribution in [0.2, 0.25) is 0 Å². The number of amides is 4. The molecule has 2 bridgehead atoms. The lowest BCUT2D eigenvalue weighted by atomic mass is 9.88. The number of para-hydroxylation sites is 1. The fourth-order valence-electron chi connectivity index (χ4n) is 10.7. The molecule has 3 saturated heterocycles. The van der Waals surface area contributed by atoms with Crippen LogP contribution in [-0.4, -0.2) is 107 Å². The van der Waals surface area contributed by atoms with E-state index in [1.807, 2.05) is 78.6 Å². The van der Waals surface area contributed by atoms with Crippen molar-refractivity contribution in [2.45, 2.75) is 76.6 Å². The van der Waals surface area contributed by atoms with Gasteiger partial charge in [-0.05, 0) is 122 Å². The number of thiazole rings is 1. The number of rotatable bonds is 16. The lowest BCUT2D eigenvalue weighted by Gasteiger charge is -2.38. The number of imide groups is 1. The van der Waals surface area contributed by atoms with E-state index < -0.39 is 17.8 Å². The Morgan fingerprint density at radius 3 is 2.46 bits per heavy atom. The van der Waals surface area contributed by atoms with Crippen molar-refractivity contribution < 1.29 is 38.6 Å². The third-order valence-corrected chi connectivity index (χ3v) is 15.3. The predicted octanol–water partition coefficient (Wildman–Crippen LogP) is 7.67. The number of ether oxygens (including phenoxy) is 2. The molecule has 72 heavy (non-hydrogen) atoms. The SMILES string of the molecule is CNc1cc(NC(=O)CN2C3CCC2CC(OCCOc2cccc(-c4ccc(N5CCc6cccc(C(=O)Nc7nc8ccccc8s7)c6C5)nc4C(=O)O)c2C)C3)ccc1C(=N)C1CCC(=O)NC1=O. The zero-order valence-corrected chi connectivity index (χ0v) is 40.8. The summed E-state index contributed by atoms with van der Waals surface area (Å²) in [5.41, 5.74) is 7.00. The fraction of sp³-hybridized carbons (Fsp3) is 0.333. The quantitative estimate of drug-likeness (QED) is 0.0311. The number of carbonyl (C=O) groups excluding carboxylic acids is 4. The molecule has 0 aliphatic carbocycles. The largest absolute Gasteiger partial charge is 0.491 e. The standard InChI is InChI=1S/C54H55N9O8S/c1-30-36(37-17-19-46(59-50(37)53(68)69)62-22-21-31-7-5-9-38(41(31)28-62)51(66)61-54-58-42-10-3-4-12-45(42)72-54)8-6-11-44(30)71-24-23-70-35-26-33-14-15-34(27-35)63(33)29-48(65)57-32-13-16-39(43(25-32)56-2)49(55)40-18-20-47(64)60-52(40)67/h3-13,16-17,19,25,33-35,40,55-56H,14-15,18,20-24,26-29H2,1-2H3,(H,57,65)(H,68,69)(H,58,61,66)(H,60,64,67). The van der Waals surface area contributed by atoms with Gasteiger partial charge in [0.05, 0.1) is 41.1 Å². The molecule has 4 aromatic carbocycles. The van der Waals surface area contributed by atoms with E-state index in [1.165, 1.54) is 11.3 Å². The molecule has 370 valence electrons. The molecule has 17 nitrogen and oxygen atoms in total. The first kappa shape index (κ1) is 48.1. The number of anilines is 4. The van der Waals surface area contributed by atoms with Crippen LogP contribution in [0.5, 0.6) is 5.75 Å². The van der Waals surface area contributed by atoms with E-state index in [-0.39, 0.29) is 66.7 Å². The van der Waals surface area contributed by atoms with Crippen molar-refractivity contribution in [3.63, 3.8) is 0 Å². The molecule has 3 unspecified atom stereocenters. The molecule has 4 aliphatic rings. The number of hydrogen-bond donors (Lipinski definition) is 6. The van der Waals surface area contributed by atoms with Crippen LogP contribution in [0.15, 0.2) is 91.0 Å². The summed E-state index contributed by atoms with van der Waals surface area (Å²) in [6.07, 6.45) is 4.70. The van der Waals surface area contributed by atoms with Gasteiger partial charge in [0.2, 0.25) is 17.7 Å². The number of carboxylic acid groups (broad SMARTS) is 1. The molecular formula is C54H55N9O8S. The van der Waals surface area contributed by atoms with E-state index in [0.717, 1.165) is 52.6 Å². The lowest BCUT2D eigenvalue weighted by molar-refractivity contribution is -0.134. The highest BCUT2D eigenvalue weighted by Gasteiger charge is 2.42. The number of carbonyl (C=O) groups is 5. The third kappa shape index (κ3) is 10.0. The third-order valence-electron chi connectivity index (χ3n) is 14.3. The summed E-state index contributed by atoms with van der Waals surface area (Å²) in [5.74, 6) is -1.94. The van der Waals surface area contributed by atoms with Crippen molar-refractivity contribution in [3.05, 3.63) is 125 Å². The summed E-state index contributed by atoms with van der Waals surface area (Å²) in [6, 6.07) is 28.3. The van der Waals surface area contributed by atoms with Gasteiger partial charge in [-0.3, -0.25) is 34.7 Å². The van der Waals surface area contributed by atoms with Crippen LogP contribution in [0, 0.1) is 18.3 Å². The van der Waals surface area contributed by atoms with Crippen LogP contribution in [0.1, 0.15) is 81.6 Å². The Bertz CT molecular complexity index is 3090. The molecule has 3 fully saturated rings. The highest BCUT2D eigenvalue weighted by Crippen LogP contribution is 2.38. The van der Waals surface area contributed by atoms with Gasteiger partial charge in [-0.1, -0.05) is 47.7 Å². The van der Waals surface area contributed by atoms with Crippen molar-refractivity contribution in [2.75, 3.05) is 54.2 Å². The van der Waals surface area contributed by atoms with Gasteiger partial charge in [0.15, 0.2) is 10.8 Å². The second-order valence-corrected chi connectivity index (χ2v) is 19.7. The zero-order valence-electron chi connectivity index (χ0n) is 40.0. The Balaban J connectivity index is 0.724. The Kier molecular flexibility index (Phi) is 13.8. The number of nitrogens with zero attached hydrogens (tertiary/aromatic N) is 4. The van der Waals surface area contributed by atoms with Crippen LogP contribution in [-0.2, 0) is 32.1 Å². The number of nitrogens with one attached hydrogen (secondary N) is 5. The van der Waals surface area contributed by atoms with Crippen molar-refractivity contribution in [1.29, 1.82) is 5.41 Å². The average molecular weight is 990 g/mol. The van der Waals surface area contributed by atoms with E-state index in [2.05, 4.69) is 31.2 Å². The van der Waals surface area contributed by atoms with Crippen LogP contribution in [0.25, 0.3) is 21.3 Å². The molecule has 2 aromatic heterocycles. The zero-order chi connectivity index (χ0) is 50.0. The molecule has 0 radical (unpaired) electrons. The van der Waals surface area contributed by atoms with Crippen molar-refractivity contribution in [2.24, 2.45) is 5.92 Å². The Hall–Kier alpha value is -7.54. The van der Waals surface area contributed by atoms with Crippen LogP contribution < -0.4 is 30.9 Å². The summed E-state index contributed by atoms with van der Waals surface area (Å²) in [6.45, 7) is 3.79. The first-order valence-electron chi connectivity index (χ1n) is 24.3. The smallest absolute Gasteiger partial charge is 0.355 e. The number of benzene rings is 4. The molecule has 10 rings (SSSR count). The van der Waals surface area contributed by atoms with Gasteiger partial charge in [-0.2, -0.15) is 0 Å². The maximum Gasteiger partial charge on any atom is 0.355 e. The van der Waals surface area contributed by atoms with Gasteiger partial charge >= 0.3 is 5.97 Å². The Morgan fingerprint density at radius 2 is 1.68 bits per heavy atom. The van der Waals surface area contributed by atoms with E-state index in [1.54, 1.807) is 31.3 Å². The van der Waals surface area contributed by atoms with Crippen molar-refractivity contribution in [3.8, 4) is 16.9 Å². The molecule has 18 heteroatoms. The molecule has 3 atom stereocenters. The predicted molar refractivity (Wildman–Crippen MR) is 275 cm³/mol. The molecule has 4 amide bonds. The Labute approximate surface area is 419 Å². The van der Waals surface area contributed by atoms with E-state index in [0.29, 0.717) is 83.1 Å². The van der Waals surface area contributed by atoms with Gasteiger partial charge in [-0.25, -0.2) is 14.8 Å². The summed E-state index contributed by atoms with van der Waals surface area (Å²) >= 11 is 1.42. The average Bonchev–Trinajstić information content (AvgIpc) is 3.88. The number of pyridine rings is 1. The number of aromatic nitrogens is 2. The lowest BCUT2D eigenvalue weighted by Crippen LogP contribution is -2.48. The highest BCUT2D eigenvalue weighted by molar-refractivity contribution is 7.22. The molecular weight excluding hydrogens is 935 g/mol. The van der Waals surface area contributed by atoms with Gasteiger partial charge in [0.1, 0.15) is 18.2 Å². The molecule has 6 heterocycles. The molecule has 6 aromatic rings. The normalized spacial score (nSPS) is 19.6. The molecule has 0 saturated carbocycles. The highest BCUT2D eigenvalue weighted by atomic mass is 32.1. The van der Waals surface area contributed by atoms with Gasteiger partial charge in [0, 0.05) is 66.7 Å². The number of hydrogen-bond acceptors (Lipinski definition) is 14. The summed E-state index contributed by atoms with van der Waals surface area (Å²) in [4.78, 5) is 77.5. The van der Waals surface area contributed by atoms with Gasteiger partial charge in [0.25, 0.3) is 5.91 Å². The van der Waals surface area contributed by atoms with Gasteiger partial charge in [-0.15, -0.1) is 0 Å². The van der Waals surface area contributed by atoms with E-state index >= 15 is 0 Å². The summed E-state index contributed by atoms with van der Waals surface area (Å²) in [7, 11) is 1.72. The molecule has 0 spiro atoms. The Morgan fingerprint density at radius 1 is 0.875 bits per heavy atom. The summed E-state index contributed by atoms with van der Waals surface area (Å²) in [5, 5.41) is 31.1. The van der Waals surface area contributed by atoms with Crippen LogP contribution in [0.4, 0.5) is 22.3 Å². The second kappa shape index (κ2) is 20.7. The first-order valence-corrected chi connectivity index (χ1v) is 25.1. The van der Waals surface area contributed by atoms with E-state index in [9.17, 15) is 29.1 Å². The van der Waals surface area contributed by atoms with Crippen LogP contribution >= 0.6 is 11.3 Å². The number of fused-ring (bicyclic) bond motifs is 4. The van der Waals surface area contributed by atoms with Gasteiger partial charge < -0.3 is 35.5 Å². The molecule has 4 aliphatic heterocycles. The maximum atomic E-state index is 13.6. The minimum absolute atomic E-state index is 0.0209. The van der Waals surface area contributed by atoms with E-state index in [4.69, 9.17) is 19.9 Å². The maximum absolute atomic E-state index is 13.6. The van der Waals surface area contributed by atoms with Crippen molar-refractivity contribution in [1.82, 2.24) is 20.2 Å². The first-order chi connectivity index (χ1) is 34.9. The number of piperidine rings is 2.